The van der Waals surface area contributed by atoms with Crippen molar-refractivity contribution in [2.24, 2.45) is 23.2 Å². The number of rotatable bonds is 6. The largest absolute Gasteiger partial charge is 0.462 e. The van der Waals surface area contributed by atoms with Crippen LogP contribution in [0.4, 0.5) is 0 Å². The maximum Gasteiger partial charge on any atom is 0.308 e. The summed E-state index contributed by atoms with van der Waals surface area (Å²) in [5, 5.41) is 0. The van der Waals surface area contributed by atoms with E-state index < -0.39 is 0 Å². The monoisotopic (exact) mass is 310 g/mol. The van der Waals surface area contributed by atoms with Crippen molar-refractivity contribution >= 4 is 5.97 Å². The van der Waals surface area contributed by atoms with Gasteiger partial charge < -0.3 is 14.2 Å². The molecule has 0 aromatic heterocycles. The quantitative estimate of drug-likeness (QED) is 0.558. The molecule has 4 heteroatoms. The van der Waals surface area contributed by atoms with Crippen molar-refractivity contribution < 1.29 is 19.0 Å². The van der Waals surface area contributed by atoms with Crippen LogP contribution in [0.2, 0.25) is 0 Å². The van der Waals surface area contributed by atoms with Gasteiger partial charge in [0.15, 0.2) is 0 Å². The van der Waals surface area contributed by atoms with E-state index in [1.165, 1.54) is 6.42 Å². The third-order valence-corrected chi connectivity index (χ3v) is 6.35. The van der Waals surface area contributed by atoms with E-state index in [1.807, 2.05) is 0 Å². The molecule has 4 nitrogen and oxygen atoms in total. The third kappa shape index (κ3) is 3.18. The van der Waals surface area contributed by atoms with Gasteiger partial charge in [-0.2, -0.15) is 0 Å². The van der Waals surface area contributed by atoms with Gasteiger partial charge in [-0.25, -0.2) is 0 Å². The van der Waals surface area contributed by atoms with Gasteiger partial charge in [0.25, 0.3) is 0 Å². The predicted octanol–water partition coefficient (Wildman–Crippen LogP) is 3.19. The highest BCUT2D eigenvalue weighted by Crippen LogP contribution is 2.61. The molecule has 4 fully saturated rings. The molecule has 0 spiro atoms. The van der Waals surface area contributed by atoms with Crippen molar-refractivity contribution in [3.63, 3.8) is 0 Å². The van der Waals surface area contributed by atoms with Gasteiger partial charge >= 0.3 is 5.97 Å². The maximum absolute atomic E-state index is 12.0. The molecule has 1 heterocycles. The SMILES string of the molecule is CC1C(OC(=O)CCOCC2CCCO2)CC2CC1C2(C)C. The average molecular weight is 310 g/mol. The van der Waals surface area contributed by atoms with Gasteiger partial charge in [-0.3, -0.25) is 4.79 Å². The molecule has 1 saturated heterocycles. The molecule has 0 amide bonds. The van der Waals surface area contributed by atoms with E-state index in [1.54, 1.807) is 0 Å². The van der Waals surface area contributed by atoms with Gasteiger partial charge in [0, 0.05) is 6.61 Å². The fourth-order valence-electron chi connectivity index (χ4n) is 4.63. The summed E-state index contributed by atoms with van der Waals surface area (Å²) in [6.07, 6.45) is 5.23. The summed E-state index contributed by atoms with van der Waals surface area (Å²) in [5.74, 6) is 1.81. The second-order valence-corrected chi connectivity index (χ2v) is 7.94. The number of carbonyl (C=O) groups is 1. The van der Waals surface area contributed by atoms with Crippen molar-refractivity contribution in [2.75, 3.05) is 19.8 Å². The zero-order valence-electron chi connectivity index (χ0n) is 14.2. The zero-order valence-corrected chi connectivity index (χ0v) is 14.2. The molecule has 2 bridgehead atoms. The van der Waals surface area contributed by atoms with Crippen molar-refractivity contribution in [3.8, 4) is 0 Å². The fraction of sp³-hybridized carbons (Fsp3) is 0.944. The lowest BCUT2D eigenvalue weighted by Gasteiger charge is -2.61. The molecule has 0 radical (unpaired) electrons. The molecule has 0 aromatic carbocycles. The van der Waals surface area contributed by atoms with Gasteiger partial charge in [-0.15, -0.1) is 0 Å². The second-order valence-electron chi connectivity index (χ2n) is 7.94. The second kappa shape index (κ2) is 6.48. The normalized spacial score (nSPS) is 39.3. The zero-order chi connectivity index (χ0) is 15.7. The lowest BCUT2D eigenvalue weighted by molar-refractivity contribution is -0.186. The highest BCUT2D eigenvalue weighted by atomic mass is 16.6. The lowest BCUT2D eigenvalue weighted by Crippen LogP contribution is -2.57. The van der Waals surface area contributed by atoms with Gasteiger partial charge in [-0.05, 0) is 48.9 Å². The van der Waals surface area contributed by atoms with Crippen LogP contribution in [0, 0.1) is 23.2 Å². The van der Waals surface area contributed by atoms with Crippen LogP contribution in [0.25, 0.3) is 0 Å². The molecule has 0 aromatic rings. The Morgan fingerprint density at radius 1 is 1.32 bits per heavy atom. The van der Waals surface area contributed by atoms with Crippen LogP contribution in [-0.2, 0) is 19.0 Å². The molecule has 3 saturated carbocycles. The van der Waals surface area contributed by atoms with E-state index in [4.69, 9.17) is 14.2 Å². The Morgan fingerprint density at radius 2 is 2.14 bits per heavy atom. The topological polar surface area (TPSA) is 44.8 Å². The number of hydrogen-bond acceptors (Lipinski definition) is 4. The summed E-state index contributed by atoms with van der Waals surface area (Å²) in [7, 11) is 0. The molecule has 22 heavy (non-hydrogen) atoms. The van der Waals surface area contributed by atoms with E-state index in [9.17, 15) is 4.79 Å². The average Bonchev–Trinajstić information content (AvgIpc) is 2.98. The minimum absolute atomic E-state index is 0.108. The lowest BCUT2D eigenvalue weighted by atomic mass is 9.45. The van der Waals surface area contributed by atoms with Crippen molar-refractivity contribution in [1.29, 1.82) is 0 Å². The molecular formula is C18H30O4. The number of carbonyl (C=O) groups excluding carboxylic acids is 1. The van der Waals surface area contributed by atoms with E-state index in [-0.39, 0.29) is 18.2 Å². The molecule has 4 aliphatic rings. The standard InChI is InChI=1S/C18H30O4/c1-12-15-9-13(18(15,2)3)10-16(12)22-17(19)6-8-20-11-14-5-4-7-21-14/h12-16H,4-11H2,1-3H3. The summed E-state index contributed by atoms with van der Waals surface area (Å²) in [4.78, 5) is 12.0. The Balaban J connectivity index is 1.34. The van der Waals surface area contributed by atoms with Crippen molar-refractivity contribution in [2.45, 2.75) is 65.1 Å². The first kappa shape index (κ1) is 16.3. The van der Waals surface area contributed by atoms with Gasteiger partial charge in [0.05, 0.1) is 25.7 Å². The smallest absolute Gasteiger partial charge is 0.308 e. The summed E-state index contributed by atoms with van der Waals surface area (Å²) < 4.78 is 16.8. The first-order chi connectivity index (χ1) is 10.5. The predicted molar refractivity (Wildman–Crippen MR) is 83.4 cm³/mol. The summed E-state index contributed by atoms with van der Waals surface area (Å²) in [5.41, 5.74) is 0.437. The molecule has 126 valence electrons. The van der Waals surface area contributed by atoms with E-state index in [0.29, 0.717) is 36.9 Å². The highest BCUT2D eigenvalue weighted by molar-refractivity contribution is 5.69. The Bertz CT molecular complexity index is 400. The van der Waals surface area contributed by atoms with Crippen molar-refractivity contribution in [1.82, 2.24) is 0 Å². The van der Waals surface area contributed by atoms with Crippen LogP contribution >= 0.6 is 0 Å². The van der Waals surface area contributed by atoms with Crippen LogP contribution in [0.15, 0.2) is 0 Å². The van der Waals surface area contributed by atoms with E-state index >= 15 is 0 Å². The molecule has 3 aliphatic carbocycles. The molecule has 0 N–H and O–H groups in total. The maximum atomic E-state index is 12.0. The van der Waals surface area contributed by atoms with Crippen LogP contribution in [0.1, 0.15) is 52.9 Å². The molecule has 1 aliphatic heterocycles. The van der Waals surface area contributed by atoms with Crippen LogP contribution < -0.4 is 0 Å². The highest BCUT2D eigenvalue weighted by Gasteiger charge is 2.57. The summed E-state index contributed by atoms with van der Waals surface area (Å²) >= 11 is 0. The summed E-state index contributed by atoms with van der Waals surface area (Å²) in [6.45, 7) is 8.85. The number of hydrogen-bond donors (Lipinski definition) is 0. The number of esters is 1. The first-order valence-corrected chi connectivity index (χ1v) is 8.87. The number of fused-ring (bicyclic) bond motifs is 2. The Labute approximate surface area is 133 Å². The molecular weight excluding hydrogens is 280 g/mol. The van der Waals surface area contributed by atoms with Crippen LogP contribution in [0.5, 0.6) is 0 Å². The fourth-order valence-corrected chi connectivity index (χ4v) is 4.63. The summed E-state index contributed by atoms with van der Waals surface area (Å²) in [6, 6.07) is 0. The van der Waals surface area contributed by atoms with Gasteiger partial charge in [0.1, 0.15) is 6.10 Å². The molecule has 4 rings (SSSR count). The van der Waals surface area contributed by atoms with Crippen molar-refractivity contribution in [3.05, 3.63) is 0 Å². The van der Waals surface area contributed by atoms with Gasteiger partial charge in [0.2, 0.25) is 0 Å². The molecule has 5 unspecified atom stereocenters. The number of ether oxygens (including phenoxy) is 3. The van der Waals surface area contributed by atoms with Gasteiger partial charge in [-0.1, -0.05) is 20.8 Å². The first-order valence-electron chi connectivity index (χ1n) is 8.87. The Hall–Kier alpha value is -0.610. The Kier molecular flexibility index (Phi) is 4.79. The minimum Gasteiger partial charge on any atom is -0.462 e. The van der Waals surface area contributed by atoms with Crippen LogP contribution in [0.3, 0.4) is 0 Å². The van der Waals surface area contributed by atoms with E-state index in [0.717, 1.165) is 31.8 Å². The van der Waals surface area contributed by atoms with Crippen LogP contribution in [-0.4, -0.2) is 38.0 Å². The Morgan fingerprint density at radius 3 is 2.77 bits per heavy atom. The van der Waals surface area contributed by atoms with E-state index in [2.05, 4.69) is 20.8 Å². The third-order valence-electron chi connectivity index (χ3n) is 6.35. The minimum atomic E-state index is -0.108. The molecule has 5 atom stereocenters.